The number of rotatable bonds is 8. The first-order valence-corrected chi connectivity index (χ1v) is 9.98. The quantitative estimate of drug-likeness (QED) is 0.600. The van der Waals surface area contributed by atoms with Gasteiger partial charge in [-0.3, -0.25) is 14.4 Å². The SMILES string of the molecule is COC(=O)CC(NC(=O)CC(NC(C)=O)c1cccs1)c1cccc(Br)c1. The first kappa shape index (κ1) is 21.1. The largest absolute Gasteiger partial charge is 0.469 e. The van der Waals surface area contributed by atoms with Crippen LogP contribution in [0.15, 0.2) is 46.3 Å². The standard InChI is InChI=1S/C19H21BrN2O4S/c1-12(23)21-16(17-7-4-8-27-17)10-18(24)22-15(11-19(25)26-2)13-5-3-6-14(20)9-13/h3-9,15-16H,10-11H2,1-2H3,(H,21,23)(H,22,24). The molecule has 1 heterocycles. The van der Waals surface area contributed by atoms with Crippen molar-refractivity contribution in [3.8, 4) is 0 Å². The lowest BCUT2D eigenvalue weighted by molar-refractivity contribution is -0.141. The van der Waals surface area contributed by atoms with Gasteiger partial charge in [-0.25, -0.2) is 0 Å². The van der Waals surface area contributed by atoms with E-state index in [2.05, 4.69) is 26.6 Å². The number of benzene rings is 1. The molecule has 0 radical (unpaired) electrons. The normalized spacial score (nSPS) is 12.7. The summed E-state index contributed by atoms with van der Waals surface area (Å²) >= 11 is 4.87. The molecule has 144 valence electrons. The molecule has 0 spiro atoms. The van der Waals surface area contributed by atoms with E-state index < -0.39 is 18.1 Å². The highest BCUT2D eigenvalue weighted by atomic mass is 79.9. The molecule has 1 aromatic carbocycles. The van der Waals surface area contributed by atoms with Crippen LogP contribution in [-0.4, -0.2) is 24.9 Å². The van der Waals surface area contributed by atoms with Crippen LogP contribution in [0, 0.1) is 0 Å². The molecule has 8 heteroatoms. The summed E-state index contributed by atoms with van der Waals surface area (Å²) in [4.78, 5) is 36.8. The number of nitrogens with one attached hydrogen (secondary N) is 2. The maximum Gasteiger partial charge on any atom is 0.307 e. The Morgan fingerprint density at radius 2 is 1.89 bits per heavy atom. The van der Waals surface area contributed by atoms with Crippen LogP contribution in [0.5, 0.6) is 0 Å². The Kier molecular flexibility index (Phi) is 7.99. The molecule has 0 bridgehead atoms. The maximum atomic E-state index is 12.6. The summed E-state index contributed by atoms with van der Waals surface area (Å²) in [7, 11) is 1.31. The smallest absolute Gasteiger partial charge is 0.307 e. The number of hydrogen-bond donors (Lipinski definition) is 2. The van der Waals surface area contributed by atoms with E-state index in [9.17, 15) is 14.4 Å². The molecular formula is C19H21BrN2O4S. The summed E-state index contributed by atoms with van der Waals surface area (Å²) in [5, 5.41) is 7.58. The average Bonchev–Trinajstić information content (AvgIpc) is 3.14. The van der Waals surface area contributed by atoms with Gasteiger partial charge >= 0.3 is 5.97 Å². The van der Waals surface area contributed by atoms with Gasteiger partial charge in [0.05, 0.1) is 32.0 Å². The van der Waals surface area contributed by atoms with E-state index in [-0.39, 0.29) is 24.7 Å². The Labute approximate surface area is 170 Å². The highest BCUT2D eigenvalue weighted by molar-refractivity contribution is 9.10. The maximum absolute atomic E-state index is 12.6. The summed E-state index contributed by atoms with van der Waals surface area (Å²) in [5.41, 5.74) is 0.787. The van der Waals surface area contributed by atoms with Crippen LogP contribution in [0.2, 0.25) is 0 Å². The number of amides is 2. The second-order valence-corrected chi connectivity index (χ2v) is 7.82. The number of hydrogen-bond acceptors (Lipinski definition) is 5. The van der Waals surface area contributed by atoms with Crippen LogP contribution < -0.4 is 10.6 Å². The molecule has 2 N–H and O–H groups in total. The van der Waals surface area contributed by atoms with Crippen molar-refractivity contribution in [2.24, 2.45) is 0 Å². The molecule has 6 nitrogen and oxygen atoms in total. The zero-order chi connectivity index (χ0) is 19.8. The molecule has 0 aliphatic heterocycles. The number of carbonyl (C=O) groups is 3. The predicted molar refractivity (Wildman–Crippen MR) is 107 cm³/mol. The molecule has 27 heavy (non-hydrogen) atoms. The van der Waals surface area contributed by atoms with Crippen molar-refractivity contribution in [3.63, 3.8) is 0 Å². The number of ether oxygens (including phenoxy) is 1. The van der Waals surface area contributed by atoms with Gasteiger partial charge in [0, 0.05) is 16.3 Å². The molecule has 0 aliphatic rings. The lowest BCUT2D eigenvalue weighted by atomic mass is 10.0. The molecule has 2 atom stereocenters. The first-order valence-electron chi connectivity index (χ1n) is 8.31. The van der Waals surface area contributed by atoms with Crippen LogP contribution in [0.3, 0.4) is 0 Å². The van der Waals surface area contributed by atoms with Crippen LogP contribution in [0.25, 0.3) is 0 Å². The van der Waals surface area contributed by atoms with Crippen molar-refractivity contribution in [2.75, 3.05) is 7.11 Å². The fourth-order valence-corrected chi connectivity index (χ4v) is 3.82. The number of carbonyl (C=O) groups excluding carboxylic acids is 3. The number of halogens is 1. The van der Waals surface area contributed by atoms with Crippen LogP contribution in [-0.2, 0) is 19.1 Å². The van der Waals surface area contributed by atoms with E-state index in [4.69, 9.17) is 4.74 Å². The monoisotopic (exact) mass is 452 g/mol. The van der Waals surface area contributed by atoms with Crippen LogP contribution >= 0.6 is 27.3 Å². The topological polar surface area (TPSA) is 84.5 Å². The number of methoxy groups -OCH3 is 1. The van der Waals surface area contributed by atoms with Crippen molar-refractivity contribution in [1.29, 1.82) is 0 Å². The fraction of sp³-hybridized carbons (Fsp3) is 0.316. The van der Waals surface area contributed by atoms with Gasteiger partial charge in [-0.2, -0.15) is 0 Å². The van der Waals surface area contributed by atoms with Gasteiger partial charge in [-0.1, -0.05) is 34.1 Å². The lowest BCUT2D eigenvalue weighted by Crippen LogP contribution is -2.35. The van der Waals surface area contributed by atoms with Crippen LogP contribution in [0.4, 0.5) is 0 Å². The molecule has 0 saturated carbocycles. The minimum atomic E-state index is -0.524. The molecule has 2 amide bonds. The van der Waals surface area contributed by atoms with E-state index in [1.165, 1.54) is 25.4 Å². The summed E-state index contributed by atoms with van der Waals surface area (Å²) in [6.07, 6.45) is 0.0915. The van der Waals surface area contributed by atoms with Gasteiger partial charge in [0.1, 0.15) is 0 Å². The summed E-state index contributed by atoms with van der Waals surface area (Å²) in [6.45, 7) is 1.42. The molecule has 2 rings (SSSR count). The second-order valence-electron chi connectivity index (χ2n) is 5.93. The minimum absolute atomic E-state index is 0.0164. The Morgan fingerprint density at radius 1 is 1.11 bits per heavy atom. The lowest BCUT2D eigenvalue weighted by Gasteiger charge is -2.21. The summed E-state index contributed by atoms with van der Waals surface area (Å²) < 4.78 is 5.60. The number of thiophene rings is 1. The van der Waals surface area contributed by atoms with Gasteiger partial charge in [-0.05, 0) is 29.1 Å². The van der Waals surface area contributed by atoms with E-state index >= 15 is 0 Å². The van der Waals surface area contributed by atoms with E-state index in [1.807, 2.05) is 41.8 Å². The van der Waals surface area contributed by atoms with Gasteiger partial charge in [0.25, 0.3) is 0 Å². The van der Waals surface area contributed by atoms with Gasteiger partial charge < -0.3 is 15.4 Å². The van der Waals surface area contributed by atoms with Gasteiger partial charge in [0.15, 0.2) is 0 Å². The number of esters is 1. The molecule has 0 fully saturated rings. The third kappa shape index (κ3) is 6.80. The Hall–Kier alpha value is -2.19. The highest BCUT2D eigenvalue weighted by Crippen LogP contribution is 2.24. The zero-order valence-electron chi connectivity index (χ0n) is 15.0. The van der Waals surface area contributed by atoms with Crippen molar-refractivity contribution < 1.29 is 19.1 Å². The van der Waals surface area contributed by atoms with Crippen LogP contribution in [0.1, 0.15) is 42.3 Å². The van der Waals surface area contributed by atoms with E-state index in [1.54, 1.807) is 0 Å². The Bertz CT molecular complexity index is 795. The molecule has 1 aromatic heterocycles. The summed E-state index contributed by atoms with van der Waals surface area (Å²) in [6, 6.07) is 10.2. The fourth-order valence-electron chi connectivity index (χ4n) is 2.62. The Morgan fingerprint density at radius 3 is 2.48 bits per heavy atom. The van der Waals surface area contributed by atoms with Crippen molar-refractivity contribution in [3.05, 3.63) is 56.7 Å². The first-order chi connectivity index (χ1) is 12.9. The average molecular weight is 453 g/mol. The predicted octanol–water partition coefficient (Wildman–Crippen LogP) is 3.50. The molecular weight excluding hydrogens is 432 g/mol. The molecule has 2 aromatic rings. The third-order valence-corrected chi connectivity index (χ3v) is 5.32. The Balaban J connectivity index is 2.13. The van der Waals surface area contributed by atoms with Gasteiger partial charge in [-0.15, -0.1) is 11.3 Å². The van der Waals surface area contributed by atoms with Crippen molar-refractivity contribution >= 4 is 45.1 Å². The second kappa shape index (κ2) is 10.2. The van der Waals surface area contributed by atoms with Crippen molar-refractivity contribution in [1.82, 2.24) is 10.6 Å². The molecule has 2 unspecified atom stereocenters. The van der Waals surface area contributed by atoms with Crippen molar-refractivity contribution in [2.45, 2.75) is 31.8 Å². The van der Waals surface area contributed by atoms with Gasteiger partial charge in [0.2, 0.25) is 11.8 Å². The third-order valence-electron chi connectivity index (χ3n) is 3.84. The van der Waals surface area contributed by atoms with E-state index in [0.717, 1.165) is 14.9 Å². The molecule has 0 saturated heterocycles. The zero-order valence-corrected chi connectivity index (χ0v) is 17.4. The summed E-state index contributed by atoms with van der Waals surface area (Å²) in [5.74, 6) is -0.896. The molecule has 0 aliphatic carbocycles. The highest BCUT2D eigenvalue weighted by Gasteiger charge is 2.23. The van der Waals surface area contributed by atoms with E-state index in [0.29, 0.717) is 0 Å². The minimum Gasteiger partial charge on any atom is -0.469 e.